The van der Waals surface area contributed by atoms with E-state index in [0.717, 1.165) is 17.8 Å². The van der Waals surface area contributed by atoms with Gasteiger partial charge in [0, 0.05) is 5.69 Å². The molecular formula is C16H15N3. The molecule has 0 unspecified atom stereocenters. The van der Waals surface area contributed by atoms with Gasteiger partial charge in [0.1, 0.15) is 6.07 Å². The number of nitrogens with two attached hydrogens (primary N) is 1. The molecule has 3 nitrogen and oxygen atoms in total. The van der Waals surface area contributed by atoms with Crippen molar-refractivity contribution >= 4 is 17.1 Å². The molecule has 0 aromatic heterocycles. The molecule has 1 aliphatic carbocycles. The standard InChI is InChI=1S/C16H15N3/c17-10-13-5-2-6-15(16(13)18)19-14-8-7-11-3-1-4-12(11)9-14/h2,5-9,19H,1,3-4,18H2. The van der Waals surface area contributed by atoms with Crippen molar-refractivity contribution in [2.45, 2.75) is 19.3 Å². The maximum atomic E-state index is 8.98. The average molecular weight is 249 g/mol. The Balaban J connectivity index is 1.92. The summed E-state index contributed by atoms with van der Waals surface area (Å²) in [6.45, 7) is 0. The molecule has 0 atom stereocenters. The van der Waals surface area contributed by atoms with Gasteiger partial charge in [-0.25, -0.2) is 0 Å². The van der Waals surface area contributed by atoms with Crippen molar-refractivity contribution < 1.29 is 0 Å². The zero-order chi connectivity index (χ0) is 13.2. The monoisotopic (exact) mass is 249 g/mol. The predicted molar refractivity (Wildman–Crippen MR) is 77.3 cm³/mol. The molecule has 0 amide bonds. The maximum Gasteiger partial charge on any atom is 0.101 e. The van der Waals surface area contributed by atoms with E-state index in [-0.39, 0.29) is 0 Å². The van der Waals surface area contributed by atoms with E-state index in [4.69, 9.17) is 11.0 Å². The molecule has 3 rings (SSSR count). The highest BCUT2D eigenvalue weighted by Gasteiger charge is 2.11. The van der Waals surface area contributed by atoms with Gasteiger partial charge in [0.05, 0.1) is 16.9 Å². The third-order valence-corrected chi connectivity index (χ3v) is 3.60. The van der Waals surface area contributed by atoms with Crippen LogP contribution in [-0.4, -0.2) is 0 Å². The highest BCUT2D eigenvalue weighted by molar-refractivity contribution is 5.77. The molecule has 0 bridgehead atoms. The Morgan fingerprint density at radius 2 is 1.95 bits per heavy atom. The minimum atomic E-state index is 0.505. The van der Waals surface area contributed by atoms with Gasteiger partial charge >= 0.3 is 0 Å². The molecule has 0 aliphatic heterocycles. The lowest BCUT2D eigenvalue weighted by Gasteiger charge is -2.11. The van der Waals surface area contributed by atoms with E-state index in [2.05, 4.69) is 29.6 Å². The third-order valence-electron chi connectivity index (χ3n) is 3.60. The normalized spacial score (nSPS) is 12.8. The summed E-state index contributed by atoms with van der Waals surface area (Å²) in [6.07, 6.45) is 3.57. The number of nitrogens with one attached hydrogen (secondary N) is 1. The molecule has 0 spiro atoms. The first-order valence-corrected chi connectivity index (χ1v) is 6.45. The van der Waals surface area contributed by atoms with Gasteiger partial charge in [-0.15, -0.1) is 0 Å². The van der Waals surface area contributed by atoms with Gasteiger partial charge in [-0.2, -0.15) is 5.26 Å². The molecule has 3 heteroatoms. The first kappa shape index (κ1) is 11.6. The van der Waals surface area contributed by atoms with Crippen molar-refractivity contribution in [1.29, 1.82) is 5.26 Å². The Bertz CT molecular complexity index is 668. The number of nitrogens with zero attached hydrogens (tertiary/aromatic N) is 1. The molecule has 0 fully saturated rings. The molecule has 0 saturated heterocycles. The van der Waals surface area contributed by atoms with Crippen LogP contribution in [0.3, 0.4) is 0 Å². The third kappa shape index (κ3) is 2.13. The van der Waals surface area contributed by atoms with Crippen LogP contribution in [0.5, 0.6) is 0 Å². The van der Waals surface area contributed by atoms with Crippen LogP contribution in [0.25, 0.3) is 0 Å². The van der Waals surface area contributed by atoms with Crippen molar-refractivity contribution in [2.24, 2.45) is 0 Å². The van der Waals surface area contributed by atoms with Gasteiger partial charge in [0.2, 0.25) is 0 Å². The Morgan fingerprint density at radius 1 is 1.11 bits per heavy atom. The molecule has 3 N–H and O–H groups in total. The number of benzene rings is 2. The lowest BCUT2D eigenvalue weighted by Crippen LogP contribution is -1.99. The summed E-state index contributed by atoms with van der Waals surface area (Å²) < 4.78 is 0. The summed E-state index contributed by atoms with van der Waals surface area (Å²) in [7, 11) is 0. The molecule has 19 heavy (non-hydrogen) atoms. The number of hydrogen-bond donors (Lipinski definition) is 2. The van der Waals surface area contributed by atoms with Gasteiger partial charge < -0.3 is 11.1 Å². The highest BCUT2D eigenvalue weighted by atomic mass is 14.9. The van der Waals surface area contributed by atoms with Crippen molar-refractivity contribution in [3.63, 3.8) is 0 Å². The van der Waals surface area contributed by atoms with Crippen LogP contribution in [0.1, 0.15) is 23.1 Å². The van der Waals surface area contributed by atoms with Crippen LogP contribution in [0.2, 0.25) is 0 Å². The van der Waals surface area contributed by atoms with Crippen LogP contribution in [0.4, 0.5) is 17.1 Å². The molecule has 0 radical (unpaired) electrons. The summed E-state index contributed by atoms with van der Waals surface area (Å²) in [5.41, 5.74) is 11.7. The lowest BCUT2D eigenvalue weighted by molar-refractivity contribution is 0.912. The summed E-state index contributed by atoms with van der Waals surface area (Å²) >= 11 is 0. The number of rotatable bonds is 2. The van der Waals surface area contributed by atoms with Crippen LogP contribution in [0, 0.1) is 11.3 Å². The Hall–Kier alpha value is -2.47. The fourth-order valence-electron chi connectivity index (χ4n) is 2.58. The second kappa shape index (κ2) is 4.66. The summed E-state index contributed by atoms with van der Waals surface area (Å²) in [5, 5.41) is 12.3. The van der Waals surface area contributed by atoms with E-state index in [1.165, 1.54) is 24.0 Å². The number of para-hydroxylation sites is 1. The molecule has 94 valence electrons. The minimum Gasteiger partial charge on any atom is -0.396 e. The Labute approximate surface area is 112 Å². The molecule has 2 aromatic rings. The fraction of sp³-hybridized carbons (Fsp3) is 0.188. The zero-order valence-corrected chi connectivity index (χ0v) is 10.6. The van der Waals surface area contributed by atoms with Gasteiger partial charge in [-0.1, -0.05) is 12.1 Å². The van der Waals surface area contributed by atoms with E-state index >= 15 is 0 Å². The number of nitrogen functional groups attached to an aromatic ring is 1. The van der Waals surface area contributed by atoms with Gasteiger partial charge in [0.15, 0.2) is 0 Å². The molecular weight excluding hydrogens is 234 g/mol. The number of fused-ring (bicyclic) bond motifs is 1. The van der Waals surface area contributed by atoms with E-state index in [9.17, 15) is 0 Å². The zero-order valence-electron chi connectivity index (χ0n) is 10.6. The quantitative estimate of drug-likeness (QED) is 0.802. The lowest BCUT2D eigenvalue weighted by atomic mass is 10.1. The number of aryl methyl sites for hydroxylation is 2. The molecule has 2 aromatic carbocycles. The van der Waals surface area contributed by atoms with Crippen molar-refractivity contribution in [2.75, 3.05) is 11.1 Å². The van der Waals surface area contributed by atoms with Crippen LogP contribution in [-0.2, 0) is 12.8 Å². The minimum absolute atomic E-state index is 0.505. The first-order chi connectivity index (χ1) is 9.28. The van der Waals surface area contributed by atoms with Crippen molar-refractivity contribution in [3.05, 3.63) is 53.1 Å². The van der Waals surface area contributed by atoms with E-state index in [1.54, 1.807) is 6.07 Å². The summed E-state index contributed by atoms with van der Waals surface area (Å²) in [6, 6.07) is 14.0. The summed E-state index contributed by atoms with van der Waals surface area (Å²) in [4.78, 5) is 0. The highest BCUT2D eigenvalue weighted by Crippen LogP contribution is 2.29. The van der Waals surface area contributed by atoms with Crippen LogP contribution in [0.15, 0.2) is 36.4 Å². The smallest absolute Gasteiger partial charge is 0.101 e. The molecule has 0 saturated carbocycles. The van der Waals surface area contributed by atoms with Gasteiger partial charge in [0.25, 0.3) is 0 Å². The van der Waals surface area contributed by atoms with Crippen molar-refractivity contribution in [3.8, 4) is 6.07 Å². The number of hydrogen-bond acceptors (Lipinski definition) is 3. The van der Waals surface area contributed by atoms with Gasteiger partial charge in [-0.05, 0) is 54.7 Å². The van der Waals surface area contributed by atoms with Crippen LogP contribution < -0.4 is 11.1 Å². The van der Waals surface area contributed by atoms with E-state index in [0.29, 0.717) is 11.3 Å². The van der Waals surface area contributed by atoms with E-state index < -0.39 is 0 Å². The largest absolute Gasteiger partial charge is 0.396 e. The SMILES string of the molecule is N#Cc1cccc(Nc2ccc3c(c2)CCC3)c1N. The molecule has 0 heterocycles. The predicted octanol–water partition coefficient (Wildman–Crippen LogP) is 3.37. The maximum absolute atomic E-state index is 8.98. The summed E-state index contributed by atoms with van der Waals surface area (Å²) in [5.74, 6) is 0. The van der Waals surface area contributed by atoms with E-state index in [1.807, 2.05) is 12.1 Å². The average Bonchev–Trinajstić information content (AvgIpc) is 2.88. The van der Waals surface area contributed by atoms with Crippen molar-refractivity contribution in [1.82, 2.24) is 0 Å². The number of anilines is 3. The Morgan fingerprint density at radius 3 is 2.79 bits per heavy atom. The fourth-order valence-corrected chi connectivity index (χ4v) is 2.58. The Kier molecular flexibility index (Phi) is 2.85. The second-order valence-electron chi connectivity index (χ2n) is 4.84. The second-order valence-corrected chi connectivity index (χ2v) is 4.84. The first-order valence-electron chi connectivity index (χ1n) is 6.45. The van der Waals surface area contributed by atoms with Crippen LogP contribution >= 0.6 is 0 Å². The van der Waals surface area contributed by atoms with Gasteiger partial charge in [-0.3, -0.25) is 0 Å². The topological polar surface area (TPSA) is 61.8 Å². The molecule has 1 aliphatic rings. The number of nitriles is 1.